The highest BCUT2D eigenvalue weighted by atomic mass is 35.5. The molecule has 0 aliphatic rings. The van der Waals surface area contributed by atoms with Crippen LogP contribution in [-0.4, -0.2) is 24.7 Å². The Kier molecular flexibility index (Phi) is 5.95. The van der Waals surface area contributed by atoms with E-state index in [9.17, 15) is 9.90 Å². The van der Waals surface area contributed by atoms with Gasteiger partial charge in [-0.2, -0.15) is 0 Å². The average Bonchev–Trinajstić information content (AvgIpc) is 2.54. The van der Waals surface area contributed by atoms with Gasteiger partial charge in [-0.25, -0.2) is 0 Å². The summed E-state index contributed by atoms with van der Waals surface area (Å²) >= 11 is 6.01. The normalized spacial score (nSPS) is 12.0. The van der Waals surface area contributed by atoms with E-state index in [0.29, 0.717) is 22.8 Å². The van der Waals surface area contributed by atoms with Crippen molar-refractivity contribution >= 4 is 17.5 Å². The molecule has 22 heavy (non-hydrogen) atoms. The van der Waals surface area contributed by atoms with Gasteiger partial charge in [0.25, 0.3) is 5.91 Å². The predicted octanol–water partition coefficient (Wildman–Crippen LogP) is 2.95. The van der Waals surface area contributed by atoms with Crippen LogP contribution in [0.3, 0.4) is 0 Å². The summed E-state index contributed by atoms with van der Waals surface area (Å²) in [6.45, 7) is 0.607. The lowest BCUT2D eigenvalue weighted by molar-refractivity contribution is 0.0916. The number of aliphatic hydroxyl groups excluding tert-OH is 1. The van der Waals surface area contributed by atoms with Crippen molar-refractivity contribution in [3.05, 3.63) is 70.2 Å². The minimum absolute atomic E-state index is 0.0996. The van der Waals surface area contributed by atoms with Gasteiger partial charge in [0.15, 0.2) is 0 Å². The largest absolute Gasteiger partial charge is 0.387 e. The number of benzene rings is 2. The lowest BCUT2D eigenvalue weighted by atomic mass is 10.1. The third-order valence-electron chi connectivity index (χ3n) is 3.25. The molecule has 1 amide bonds. The van der Waals surface area contributed by atoms with Crippen molar-refractivity contribution in [3.63, 3.8) is 0 Å². The fraction of sp³-hybridized carbons (Fsp3) is 0.235. The molecule has 1 atom stereocenters. The molecule has 4 nitrogen and oxygen atoms in total. The van der Waals surface area contributed by atoms with Crippen LogP contribution in [0.15, 0.2) is 48.5 Å². The topological polar surface area (TPSA) is 58.6 Å². The molecule has 5 heteroatoms. The molecular formula is C17H18ClNO3. The molecule has 0 fully saturated rings. The molecule has 2 N–H and O–H groups in total. The molecule has 1 unspecified atom stereocenters. The number of halogens is 1. The maximum atomic E-state index is 12.0. The van der Waals surface area contributed by atoms with Crippen molar-refractivity contribution in [1.29, 1.82) is 0 Å². The smallest absolute Gasteiger partial charge is 0.251 e. The number of methoxy groups -OCH3 is 1. The van der Waals surface area contributed by atoms with Crippen LogP contribution in [0.4, 0.5) is 0 Å². The van der Waals surface area contributed by atoms with E-state index in [0.717, 1.165) is 5.56 Å². The molecule has 2 aromatic carbocycles. The summed E-state index contributed by atoms with van der Waals surface area (Å²) < 4.78 is 5.02. The quantitative estimate of drug-likeness (QED) is 0.860. The second kappa shape index (κ2) is 7.94. The standard InChI is InChI=1S/C17H18ClNO3/c1-22-11-12-6-8-13(9-7-12)17(21)19-10-16(20)14-4-2-3-5-15(14)18/h2-9,16,20H,10-11H2,1H3,(H,19,21). The third kappa shape index (κ3) is 4.31. The average molecular weight is 320 g/mol. The van der Waals surface area contributed by atoms with Gasteiger partial charge in [-0.3, -0.25) is 4.79 Å². The van der Waals surface area contributed by atoms with Crippen LogP contribution in [0.1, 0.15) is 27.6 Å². The molecule has 0 radical (unpaired) electrons. The first-order valence-corrected chi connectivity index (χ1v) is 7.28. The summed E-state index contributed by atoms with van der Waals surface area (Å²) in [5.74, 6) is -0.241. The fourth-order valence-electron chi connectivity index (χ4n) is 2.07. The Balaban J connectivity index is 1.93. The van der Waals surface area contributed by atoms with Gasteiger partial charge in [0.1, 0.15) is 0 Å². The molecule has 116 valence electrons. The van der Waals surface area contributed by atoms with Gasteiger partial charge in [0, 0.05) is 29.8 Å². The Hall–Kier alpha value is -1.88. The second-order valence-electron chi connectivity index (χ2n) is 4.88. The molecule has 0 aromatic heterocycles. The number of rotatable bonds is 6. The monoisotopic (exact) mass is 319 g/mol. The van der Waals surface area contributed by atoms with E-state index in [2.05, 4.69) is 5.32 Å². The number of ether oxygens (including phenoxy) is 1. The fourth-order valence-corrected chi connectivity index (χ4v) is 2.33. The first-order chi connectivity index (χ1) is 10.6. The minimum atomic E-state index is -0.842. The van der Waals surface area contributed by atoms with Gasteiger partial charge in [-0.1, -0.05) is 41.9 Å². The first-order valence-electron chi connectivity index (χ1n) is 6.90. The Morgan fingerprint density at radius 1 is 1.23 bits per heavy atom. The summed E-state index contributed by atoms with van der Waals surface area (Å²) in [6, 6.07) is 14.2. The van der Waals surface area contributed by atoms with E-state index >= 15 is 0 Å². The van der Waals surface area contributed by atoms with Crippen LogP contribution in [0.5, 0.6) is 0 Å². The van der Waals surface area contributed by atoms with E-state index < -0.39 is 6.10 Å². The zero-order valence-electron chi connectivity index (χ0n) is 12.3. The molecule has 2 aromatic rings. The lowest BCUT2D eigenvalue weighted by Gasteiger charge is -2.13. The van der Waals surface area contributed by atoms with E-state index in [1.54, 1.807) is 43.5 Å². The van der Waals surface area contributed by atoms with Crippen molar-refractivity contribution in [2.75, 3.05) is 13.7 Å². The van der Waals surface area contributed by atoms with Gasteiger partial charge in [-0.15, -0.1) is 0 Å². The first kappa shape index (κ1) is 16.5. The van der Waals surface area contributed by atoms with Crippen LogP contribution in [0, 0.1) is 0 Å². The van der Waals surface area contributed by atoms with Crippen LogP contribution in [0.2, 0.25) is 5.02 Å². The molecule has 0 bridgehead atoms. The number of carbonyl (C=O) groups excluding carboxylic acids is 1. The molecular weight excluding hydrogens is 302 g/mol. The van der Waals surface area contributed by atoms with Crippen LogP contribution in [0.25, 0.3) is 0 Å². The molecule has 0 saturated carbocycles. The van der Waals surface area contributed by atoms with Gasteiger partial charge >= 0.3 is 0 Å². The number of amides is 1. The highest BCUT2D eigenvalue weighted by Gasteiger charge is 2.13. The predicted molar refractivity (Wildman–Crippen MR) is 85.9 cm³/mol. The summed E-state index contributed by atoms with van der Waals surface area (Å²) in [7, 11) is 1.62. The summed E-state index contributed by atoms with van der Waals surface area (Å²) in [5, 5.41) is 13.3. The van der Waals surface area contributed by atoms with Gasteiger partial charge in [-0.05, 0) is 23.8 Å². The summed E-state index contributed by atoms with van der Waals surface area (Å²) in [4.78, 5) is 12.0. The van der Waals surface area contributed by atoms with Crippen LogP contribution < -0.4 is 5.32 Å². The number of hydrogen-bond donors (Lipinski definition) is 2. The van der Waals surface area contributed by atoms with Crippen LogP contribution >= 0.6 is 11.6 Å². The molecule has 0 heterocycles. The van der Waals surface area contributed by atoms with Gasteiger partial charge in [0.2, 0.25) is 0 Å². The highest BCUT2D eigenvalue weighted by molar-refractivity contribution is 6.31. The molecule has 0 aliphatic carbocycles. The van der Waals surface area contributed by atoms with E-state index in [-0.39, 0.29) is 12.5 Å². The van der Waals surface area contributed by atoms with E-state index in [1.165, 1.54) is 0 Å². The minimum Gasteiger partial charge on any atom is -0.387 e. The molecule has 0 saturated heterocycles. The third-order valence-corrected chi connectivity index (χ3v) is 3.59. The molecule has 0 spiro atoms. The van der Waals surface area contributed by atoms with Crippen molar-refractivity contribution in [2.24, 2.45) is 0 Å². The van der Waals surface area contributed by atoms with Crippen molar-refractivity contribution in [3.8, 4) is 0 Å². The van der Waals surface area contributed by atoms with Gasteiger partial charge < -0.3 is 15.2 Å². The maximum absolute atomic E-state index is 12.0. The maximum Gasteiger partial charge on any atom is 0.251 e. The second-order valence-corrected chi connectivity index (χ2v) is 5.28. The lowest BCUT2D eigenvalue weighted by Crippen LogP contribution is -2.28. The number of nitrogens with one attached hydrogen (secondary N) is 1. The Labute approximate surface area is 134 Å². The zero-order chi connectivity index (χ0) is 15.9. The Morgan fingerprint density at radius 3 is 2.55 bits per heavy atom. The van der Waals surface area contributed by atoms with E-state index in [1.807, 2.05) is 12.1 Å². The van der Waals surface area contributed by atoms with Crippen molar-refractivity contribution < 1.29 is 14.6 Å². The van der Waals surface area contributed by atoms with Crippen LogP contribution in [-0.2, 0) is 11.3 Å². The Morgan fingerprint density at radius 2 is 1.91 bits per heavy atom. The van der Waals surface area contributed by atoms with Crippen molar-refractivity contribution in [1.82, 2.24) is 5.32 Å². The summed E-state index contributed by atoms with van der Waals surface area (Å²) in [6.07, 6.45) is -0.842. The zero-order valence-corrected chi connectivity index (χ0v) is 13.0. The molecule has 0 aliphatic heterocycles. The van der Waals surface area contributed by atoms with Crippen molar-refractivity contribution in [2.45, 2.75) is 12.7 Å². The Bertz CT molecular complexity index is 628. The number of hydrogen-bond acceptors (Lipinski definition) is 3. The summed E-state index contributed by atoms with van der Waals surface area (Å²) in [5.41, 5.74) is 2.13. The number of aliphatic hydroxyl groups is 1. The van der Waals surface area contributed by atoms with Gasteiger partial charge in [0.05, 0.1) is 12.7 Å². The highest BCUT2D eigenvalue weighted by Crippen LogP contribution is 2.21. The van der Waals surface area contributed by atoms with E-state index in [4.69, 9.17) is 16.3 Å². The molecule has 2 rings (SSSR count). The SMILES string of the molecule is COCc1ccc(C(=O)NCC(O)c2ccccc2Cl)cc1. The number of carbonyl (C=O) groups is 1.